The van der Waals surface area contributed by atoms with Gasteiger partial charge in [0, 0.05) is 0 Å². The molecule has 0 amide bonds. The second-order valence-corrected chi connectivity index (χ2v) is 4.07. The molecule has 0 aromatic carbocycles. The van der Waals surface area contributed by atoms with Crippen molar-refractivity contribution in [2.45, 2.75) is 39.9 Å². The molecule has 0 aliphatic rings. The molecule has 68 valence electrons. The summed E-state index contributed by atoms with van der Waals surface area (Å²) in [4.78, 5) is 10.8. The molecule has 6 heteroatoms. The van der Waals surface area contributed by atoms with E-state index < -0.39 is 7.82 Å². The van der Waals surface area contributed by atoms with Crippen molar-refractivity contribution in [1.82, 2.24) is 0 Å². The van der Waals surface area contributed by atoms with E-state index in [1.807, 2.05) is 0 Å². The molecule has 0 N–H and O–H groups in total. The molecular weight excluding hydrogens is 174 g/mol. The van der Waals surface area contributed by atoms with Crippen LogP contribution in [0.5, 0.6) is 0 Å². The first-order valence-electron chi connectivity index (χ1n) is 3.51. The van der Waals surface area contributed by atoms with Gasteiger partial charge in [-0.1, -0.05) is 0 Å². The average Bonchev–Trinajstić information content (AvgIpc) is 1.53. The maximum Gasteiger partial charge on any atom is 1.00 e. The van der Waals surface area contributed by atoms with E-state index in [1.54, 1.807) is 27.7 Å². The van der Waals surface area contributed by atoms with E-state index in [2.05, 4.69) is 9.05 Å². The fraction of sp³-hybridized carbons (Fsp3) is 1.00. The molecule has 0 saturated carbocycles. The molecule has 0 fully saturated rings. The minimum atomic E-state index is -4.05. The van der Waals surface area contributed by atoms with E-state index in [0.29, 0.717) is 0 Å². The molecule has 0 saturated heterocycles. The van der Waals surface area contributed by atoms with Crippen molar-refractivity contribution >= 4 is 7.82 Å². The third-order valence-electron chi connectivity index (χ3n) is 0.680. The van der Waals surface area contributed by atoms with Crippen molar-refractivity contribution in [2.75, 3.05) is 0 Å². The van der Waals surface area contributed by atoms with Crippen LogP contribution in [0.25, 0.3) is 0 Å². The van der Waals surface area contributed by atoms with E-state index >= 15 is 0 Å². The van der Waals surface area contributed by atoms with Crippen LogP contribution in [0.15, 0.2) is 0 Å². The minimum absolute atomic E-state index is 0. The molecule has 0 aliphatic heterocycles. The Labute approximate surface area is 85.4 Å². The van der Waals surface area contributed by atoms with Crippen molar-refractivity contribution in [3.8, 4) is 0 Å². The van der Waals surface area contributed by atoms with Crippen LogP contribution >= 0.6 is 7.82 Å². The molecule has 0 aliphatic carbocycles. The molecule has 0 aromatic rings. The smallest absolute Gasteiger partial charge is 0.756 e. The molecule has 0 radical (unpaired) electrons. The first kappa shape index (κ1) is 15.2. The molecule has 0 atom stereocenters. The van der Waals surface area contributed by atoms with Crippen LogP contribution in [0.4, 0.5) is 0 Å². The van der Waals surface area contributed by atoms with Gasteiger partial charge in [-0.25, -0.2) is 0 Å². The fourth-order valence-electron chi connectivity index (χ4n) is 0.541. The van der Waals surface area contributed by atoms with Crippen LogP contribution in [0.1, 0.15) is 27.7 Å². The normalized spacial score (nSPS) is 11.9. The van der Waals surface area contributed by atoms with Crippen LogP contribution in [-0.2, 0) is 13.6 Å². The van der Waals surface area contributed by atoms with Gasteiger partial charge in [0.25, 0.3) is 7.82 Å². The Morgan fingerprint density at radius 3 is 1.50 bits per heavy atom. The molecule has 0 bridgehead atoms. The third kappa shape index (κ3) is 8.80. The molecule has 0 rings (SSSR count). The topological polar surface area (TPSA) is 58.6 Å². The summed E-state index contributed by atoms with van der Waals surface area (Å²) in [6, 6.07) is 0. The van der Waals surface area contributed by atoms with Gasteiger partial charge in [-0.2, -0.15) is 0 Å². The van der Waals surface area contributed by atoms with Gasteiger partial charge in [-0.15, -0.1) is 0 Å². The van der Waals surface area contributed by atoms with Gasteiger partial charge in [0.2, 0.25) is 0 Å². The van der Waals surface area contributed by atoms with E-state index in [-0.39, 0.29) is 31.1 Å². The Hall–Kier alpha value is 0.707. The molecule has 0 heterocycles. The number of phosphoric ester groups is 1. The van der Waals surface area contributed by atoms with Gasteiger partial charge in [0.05, 0.1) is 12.2 Å². The van der Waals surface area contributed by atoms with Crippen LogP contribution < -0.4 is 23.8 Å². The van der Waals surface area contributed by atoms with Gasteiger partial charge in [0.15, 0.2) is 0 Å². The van der Waals surface area contributed by atoms with Crippen LogP contribution in [0.2, 0.25) is 0 Å². The Balaban J connectivity index is 0. The molecule has 4 nitrogen and oxygen atoms in total. The van der Waals surface area contributed by atoms with E-state index in [0.717, 1.165) is 0 Å². The molecule has 0 aromatic heterocycles. The van der Waals surface area contributed by atoms with E-state index in [1.165, 1.54) is 0 Å². The van der Waals surface area contributed by atoms with E-state index in [9.17, 15) is 9.46 Å². The van der Waals surface area contributed by atoms with Crippen molar-refractivity contribution in [3.05, 3.63) is 0 Å². The summed E-state index contributed by atoms with van der Waals surface area (Å²) < 4.78 is 19.9. The summed E-state index contributed by atoms with van der Waals surface area (Å²) >= 11 is 0. The minimum Gasteiger partial charge on any atom is -0.756 e. The zero-order valence-corrected chi connectivity index (χ0v) is 9.13. The summed E-state index contributed by atoms with van der Waals surface area (Å²) in [6.45, 7) is 6.53. The summed E-state index contributed by atoms with van der Waals surface area (Å²) in [6.07, 6.45) is -0.728. The standard InChI is InChI=1S/C6H15O4P.Li/c1-5(2)9-11(7,8)10-6(3)4;/h5-6H,1-4H3,(H,7,8);/q;+1/p-1. The maximum atomic E-state index is 10.8. The number of phosphoric acid groups is 1. The van der Waals surface area contributed by atoms with Crippen LogP contribution in [0.3, 0.4) is 0 Å². The largest absolute Gasteiger partial charge is 1.00 e. The Morgan fingerprint density at radius 1 is 1.08 bits per heavy atom. The van der Waals surface area contributed by atoms with Gasteiger partial charge in [-0.05, 0) is 27.7 Å². The summed E-state index contributed by atoms with van der Waals surface area (Å²) in [5, 5.41) is 0. The van der Waals surface area contributed by atoms with Crippen LogP contribution in [0, 0.1) is 0 Å². The average molecular weight is 188 g/mol. The van der Waals surface area contributed by atoms with Crippen LogP contribution in [-0.4, -0.2) is 12.2 Å². The predicted octanol–water partition coefficient (Wildman–Crippen LogP) is -1.69. The zero-order chi connectivity index (χ0) is 9.07. The number of rotatable bonds is 4. The van der Waals surface area contributed by atoms with Gasteiger partial charge >= 0.3 is 18.9 Å². The first-order valence-corrected chi connectivity index (χ1v) is 4.97. The van der Waals surface area contributed by atoms with Crippen molar-refractivity contribution in [1.29, 1.82) is 0 Å². The SMILES string of the molecule is CC(C)OP(=O)([O-])OC(C)C.[Li+]. The summed E-state index contributed by atoms with van der Waals surface area (Å²) in [5.41, 5.74) is 0. The summed E-state index contributed by atoms with van der Waals surface area (Å²) in [7, 11) is -4.05. The second kappa shape index (κ2) is 6.21. The molecular formula is C6H14LiO4P. The summed E-state index contributed by atoms with van der Waals surface area (Å²) in [5.74, 6) is 0. The van der Waals surface area contributed by atoms with E-state index in [4.69, 9.17) is 0 Å². The van der Waals surface area contributed by atoms with Gasteiger partial charge in [-0.3, -0.25) is 4.57 Å². The fourth-order valence-corrected chi connectivity index (χ4v) is 1.62. The maximum absolute atomic E-state index is 10.8. The van der Waals surface area contributed by atoms with Crippen molar-refractivity contribution in [2.24, 2.45) is 0 Å². The Bertz CT molecular complexity index is 146. The number of hydrogen-bond donors (Lipinski definition) is 0. The van der Waals surface area contributed by atoms with Gasteiger partial charge in [0.1, 0.15) is 0 Å². The quantitative estimate of drug-likeness (QED) is 0.390. The van der Waals surface area contributed by atoms with Crippen molar-refractivity contribution in [3.63, 3.8) is 0 Å². The predicted molar refractivity (Wildman–Crippen MR) is 40.0 cm³/mol. The third-order valence-corrected chi connectivity index (χ3v) is 2.04. The Morgan fingerprint density at radius 2 is 1.33 bits per heavy atom. The molecule has 0 unspecified atom stereocenters. The monoisotopic (exact) mass is 188 g/mol. The van der Waals surface area contributed by atoms with Gasteiger partial charge < -0.3 is 13.9 Å². The molecule has 0 spiro atoms. The molecule has 12 heavy (non-hydrogen) atoms. The number of hydrogen-bond acceptors (Lipinski definition) is 4. The van der Waals surface area contributed by atoms with Crippen molar-refractivity contribution < 1.29 is 37.4 Å². The Kier molecular flexibility index (Phi) is 7.86. The zero-order valence-electron chi connectivity index (χ0n) is 8.23. The first-order chi connectivity index (χ1) is 4.83. The second-order valence-electron chi connectivity index (χ2n) is 2.76.